The van der Waals surface area contributed by atoms with Crippen molar-refractivity contribution in [3.8, 4) is 0 Å². The molecule has 98 valence electrons. The Kier molecular flexibility index (Phi) is 4.12. The van der Waals surface area contributed by atoms with Gasteiger partial charge in [-0.2, -0.15) is 0 Å². The highest BCUT2D eigenvalue weighted by atomic mass is 35.5. The van der Waals surface area contributed by atoms with Gasteiger partial charge in [-0.25, -0.2) is 4.39 Å². The molecule has 2 aromatic rings. The van der Waals surface area contributed by atoms with E-state index in [4.69, 9.17) is 11.6 Å². The molecule has 0 atom stereocenters. The van der Waals surface area contributed by atoms with Crippen LogP contribution in [-0.4, -0.2) is 5.91 Å². The maximum Gasteiger partial charge on any atom is 0.255 e. The third-order valence-electron chi connectivity index (χ3n) is 2.58. The summed E-state index contributed by atoms with van der Waals surface area (Å²) in [5.74, 6) is -0.825. The molecule has 2 rings (SSSR count). The molecule has 0 heterocycles. The quantitative estimate of drug-likeness (QED) is 0.793. The predicted molar refractivity (Wildman–Crippen MR) is 77.8 cm³/mol. The van der Waals surface area contributed by atoms with Gasteiger partial charge in [0.15, 0.2) is 0 Å². The fraction of sp³-hybridized carbons (Fsp3) is 0.0714. The molecule has 5 heteroatoms. The van der Waals surface area contributed by atoms with Crippen molar-refractivity contribution < 1.29 is 9.18 Å². The van der Waals surface area contributed by atoms with Gasteiger partial charge in [-0.1, -0.05) is 17.7 Å². The molecule has 0 aromatic heterocycles. The lowest BCUT2D eigenvalue weighted by Gasteiger charge is -2.08. The van der Waals surface area contributed by atoms with Crippen molar-refractivity contribution in [1.29, 1.82) is 0 Å². The predicted octanol–water partition coefficient (Wildman–Crippen LogP) is 4.33. The van der Waals surface area contributed by atoms with Gasteiger partial charge in [0, 0.05) is 10.5 Å². The van der Waals surface area contributed by atoms with Crippen LogP contribution in [0.15, 0.2) is 41.3 Å². The van der Waals surface area contributed by atoms with Crippen molar-refractivity contribution >= 4 is 35.8 Å². The minimum absolute atomic E-state index is 0.127. The number of benzene rings is 2. The summed E-state index contributed by atoms with van der Waals surface area (Å²) >= 11 is 9.97. The molecule has 0 aliphatic carbocycles. The lowest BCUT2D eigenvalue weighted by atomic mass is 10.2. The van der Waals surface area contributed by atoms with E-state index in [1.54, 1.807) is 12.1 Å². The molecule has 0 saturated carbocycles. The zero-order chi connectivity index (χ0) is 14.0. The van der Waals surface area contributed by atoms with Crippen molar-refractivity contribution in [2.75, 3.05) is 5.32 Å². The highest BCUT2D eigenvalue weighted by molar-refractivity contribution is 7.80. The first-order valence-corrected chi connectivity index (χ1v) is 6.36. The van der Waals surface area contributed by atoms with Crippen molar-refractivity contribution in [1.82, 2.24) is 0 Å². The lowest BCUT2D eigenvalue weighted by molar-refractivity contribution is 0.102. The Labute approximate surface area is 121 Å². The molecule has 0 unspecified atom stereocenters. The van der Waals surface area contributed by atoms with Crippen LogP contribution in [0.3, 0.4) is 0 Å². The number of anilines is 1. The van der Waals surface area contributed by atoms with Crippen LogP contribution in [0.2, 0.25) is 5.02 Å². The highest BCUT2D eigenvalue weighted by Gasteiger charge is 2.10. The monoisotopic (exact) mass is 295 g/mol. The fourth-order valence-electron chi connectivity index (χ4n) is 1.57. The maximum absolute atomic E-state index is 13.1. The molecule has 1 amide bonds. The van der Waals surface area contributed by atoms with Crippen LogP contribution in [-0.2, 0) is 0 Å². The number of hydrogen-bond donors (Lipinski definition) is 2. The van der Waals surface area contributed by atoms with Crippen LogP contribution in [0.25, 0.3) is 0 Å². The molecule has 0 radical (unpaired) electrons. The van der Waals surface area contributed by atoms with Gasteiger partial charge in [0.1, 0.15) is 5.82 Å². The number of nitrogens with one attached hydrogen (secondary N) is 1. The molecule has 19 heavy (non-hydrogen) atoms. The van der Waals surface area contributed by atoms with Gasteiger partial charge < -0.3 is 5.32 Å². The Balaban J connectivity index is 2.23. The maximum atomic E-state index is 13.1. The second-order valence-corrected chi connectivity index (χ2v) is 4.99. The van der Waals surface area contributed by atoms with Crippen LogP contribution in [0.5, 0.6) is 0 Å². The van der Waals surface area contributed by atoms with Crippen molar-refractivity contribution in [3.05, 3.63) is 58.4 Å². The summed E-state index contributed by atoms with van der Waals surface area (Å²) in [5.41, 5.74) is 1.84. The average molecular weight is 296 g/mol. The van der Waals surface area contributed by atoms with Crippen LogP contribution >= 0.6 is 24.2 Å². The van der Waals surface area contributed by atoms with E-state index in [9.17, 15) is 9.18 Å². The van der Waals surface area contributed by atoms with E-state index >= 15 is 0 Å². The van der Waals surface area contributed by atoms with E-state index in [0.717, 1.165) is 5.56 Å². The first kappa shape index (κ1) is 13.9. The fourth-order valence-corrected chi connectivity index (χ4v) is 2.07. The van der Waals surface area contributed by atoms with Gasteiger partial charge in [-0.15, -0.1) is 12.6 Å². The summed E-state index contributed by atoms with van der Waals surface area (Å²) in [7, 11) is 0. The summed E-state index contributed by atoms with van der Waals surface area (Å²) in [6.45, 7) is 1.91. The summed E-state index contributed by atoms with van der Waals surface area (Å²) in [6, 6.07) is 9.29. The number of thiol groups is 1. The second kappa shape index (κ2) is 5.63. The van der Waals surface area contributed by atoms with E-state index in [-0.39, 0.29) is 10.8 Å². The molecule has 0 spiro atoms. The van der Waals surface area contributed by atoms with Crippen LogP contribution in [0, 0.1) is 12.7 Å². The molecule has 2 nitrogen and oxygen atoms in total. The number of rotatable bonds is 2. The van der Waals surface area contributed by atoms with Crippen molar-refractivity contribution in [2.45, 2.75) is 11.8 Å². The molecular formula is C14H11ClFNOS. The summed E-state index contributed by atoms with van der Waals surface area (Å²) in [5, 5.41) is 3.13. The smallest absolute Gasteiger partial charge is 0.255 e. The molecule has 0 bridgehead atoms. The number of halogens is 2. The molecule has 0 aliphatic rings. The largest absolute Gasteiger partial charge is 0.321 e. The Morgan fingerprint density at radius 1 is 1.26 bits per heavy atom. The Hall–Kier alpha value is -1.52. The van der Waals surface area contributed by atoms with Crippen molar-refractivity contribution in [3.63, 3.8) is 0 Å². The van der Waals surface area contributed by atoms with E-state index in [1.165, 1.54) is 18.2 Å². The zero-order valence-corrected chi connectivity index (χ0v) is 11.7. The molecule has 2 aromatic carbocycles. The van der Waals surface area contributed by atoms with Gasteiger partial charge in [-0.3, -0.25) is 4.79 Å². The zero-order valence-electron chi connectivity index (χ0n) is 10.1. The molecule has 0 fully saturated rings. The molecular weight excluding hydrogens is 285 g/mol. The minimum atomic E-state index is -0.465. The number of carbonyl (C=O) groups is 1. The average Bonchev–Trinajstić information content (AvgIpc) is 2.36. The number of aryl methyl sites for hydroxylation is 1. The third kappa shape index (κ3) is 3.28. The van der Waals surface area contributed by atoms with E-state index in [0.29, 0.717) is 16.3 Å². The topological polar surface area (TPSA) is 29.1 Å². The number of carbonyl (C=O) groups excluding carboxylic acids is 1. The van der Waals surface area contributed by atoms with Gasteiger partial charge in [0.25, 0.3) is 5.91 Å². The number of amides is 1. The normalized spacial score (nSPS) is 10.3. The van der Waals surface area contributed by atoms with E-state index in [1.807, 2.05) is 13.0 Å². The number of hydrogen-bond acceptors (Lipinski definition) is 2. The Morgan fingerprint density at radius 2 is 2.00 bits per heavy atom. The van der Waals surface area contributed by atoms with Gasteiger partial charge in [-0.05, 0) is 42.8 Å². The van der Waals surface area contributed by atoms with Gasteiger partial charge in [0.05, 0.1) is 10.7 Å². The minimum Gasteiger partial charge on any atom is -0.321 e. The lowest BCUT2D eigenvalue weighted by Crippen LogP contribution is -2.12. The van der Waals surface area contributed by atoms with E-state index < -0.39 is 5.82 Å². The van der Waals surface area contributed by atoms with Gasteiger partial charge >= 0.3 is 0 Å². The second-order valence-electron chi connectivity index (χ2n) is 4.10. The summed E-state index contributed by atoms with van der Waals surface area (Å²) in [4.78, 5) is 12.1. The Bertz CT molecular complexity index is 645. The standard InChI is InChI=1S/C14H11ClFNOS/c1-8-2-5-12(10(15)6-8)17-14(18)9-3-4-11(16)13(19)7-9/h2-7,19H,1H3,(H,17,18). The van der Waals surface area contributed by atoms with Crippen LogP contribution < -0.4 is 5.32 Å². The summed E-state index contributed by atoms with van der Waals surface area (Å²) in [6.07, 6.45) is 0. The SMILES string of the molecule is Cc1ccc(NC(=O)c2ccc(F)c(S)c2)c(Cl)c1. The van der Waals surface area contributed by atoms with Gasteiger partial charge in [0.2, 0.25) is 0 Å². The van der Waals surface area contributed by atoms with Crippen LogP contribution in [0.1, 0.15) is 15.9 Å². The van der Waals surface area contributed by atoms with E-state index in [2.05, 4.69) is 17.9 Å². The summed E-state index contributed by atoms with van der Waals surface area (Å²) < 4.78 is 13.1. The first-order valence-electron chi connectivity index (χ1n) is 5.53. The molecule has 0 aliphatic heterocycles. The van der Waals surface area contributed by atoms with Crippen molar-refractivity contribution in [2.24, 2.45) is 0 Å². The van der Waals surface area contributed by atoms with Crippen LogP contribution in [0.4, 0.5) is 10.1 Å². The molecule has 1 N–H and O–H groups in total. The third-order valence-corrected chi connectivity index (χ3v) is 3.24. The molecule has 0 saturated heterocycles. The highest BCUT2D eigenvalue weighted by Crippen LogP contribution is 2.23. The Morgan fingerprint density at radius 3 is 2.63 bits per heavy atom. The first-order chi connectivity index (χ1) is 8.97.